The molecule has 0 fully saturated rings. The topological polar surface area (TPSA) is 66.0 Å². The second-order valence-corrected chi connectivity index (χ2v) is 8.52. The molecule has 1 atom stereocenters. The van der Waals surface area contributed by atoms with Crippen molar-refractivity contribution in [2.75, 3.05) is 5.73 Å². The second kappa shape index (κ2) is 7.19. The molecule has 1 aliphatic heterocycles. The molecule has 2 N–H and O–H groups in total. The fourth-order valence-electron chi connectivity index (χ4n) is 5.07. The van der Waals surface area contributed by atoms with Crippen LogP contribution in [0.4, 0.5) is 10.1 Å². The van der Waals surface area contributed by atoms with Gasteiger partial charge in [-0.3, -0.25) is 0 Å². The SMILES string of the molecule is Cc1nn(-c2ccccc2)c2c1C(c1cccc(F)c1)c1c(nc3c(c1N)CCCC3)O2. The molecular formula is C26H23FN4O. The van der Waals surface area contributed by atoms with E-state index in [1.165, 1.54) is 6.07 Å². The Morgan fingerprint density at radius 3 is 2.66 bits per heavy atom. The summed E-state index contributed by atoms with van der Waals surface area (Å²) in [5.41, 5.74) is 13.9. The molecule has 4 aromatic rings. The molecule has 2 aliphatic rings. The zero-order chi connectivity index (χ0) is 21.8. The minimum absolute atomic E-state index is 0.283. The van der Waals surface area contributed by atoms with Gasteiger partial charge in [0.1, 0.15) is 5.82 Å². The molecule has 0 saturated carbocycles. The number of aryl methyl sites for hydroxylation is 2. The second-order valence-electron chi connectivity index (χ2n) is 8.52. The number of hydrogen-bond acceptors (Lipinski definition) is 4. The average Bonchev–Trinajstić information content (AvgIpc) is 3.14. The van der Waals surface area contributed by atoms with E-state index in [9.17, 15) is 4.39 Å². The smallest absolute Gasteiger partial charge is 0.229 e. The van der Waals surface area contributed by atoms with E-state index in [4.69, 9.17) is 20.6 Å². The number of para-hydroxylation sites is 1. The molecule has 6 heteroatoms. The maximum absolute atomic E-state index is 14.3. The first kappa shape index (κ1) is 19.0. The maximum atomic E-state index is 14.3. The van der Waals surface area contributed by atoms with Crippen molar-refractivity contribution >= 4 is 5.69 Å². The summed E-state index contributed by atoms with van der Waals surface area (Å²) < 4.78 is 22.6. The fraction of sp³-hybridized carbons (Fsp3) is 0.231. The zero-order valence-corrected chi connectivity index (χ0v) is 17.8. The summed E-state index contributed by atoms with van der Waals surface area (Å²) in [6.07, 6.45) is 3.99. The standard InChI is InChI=1S/C26H23FN4O/c1-15-21-22(16-8-7-9-17(27)14-16)23-24(28)19-12-5-6-13-20(19)29-25(23)32-26(21)31(30-15)18-10-3-2-4-11-18/h2-4,7-11,14,22H,5-6,12-13H2,1H3,(H2,28,29). The Labute approximate surface area is 185 Å². The Balaban J connectivity index is 1.65. The Bertz CT molecular complexity index is 1350. The predicted molar refractivity (Wildman–Crippen MR) is 121 cm³/mol. The van der Waals surface area contributed by atoms with Gasteiger partial charge in [0.25, 0.3) is 0 Å². The van der Waals surface area contributed by atoms with Gasteiger partial charge < -0.3 is 10.5 Å². The molecule has 2 aromatic heterocycles. The number of ether oxygens (including phenoxy) is 1. The highest BCUT2D eigenvalue weighted by atomic mass is 19.1. The van der Waals surface area contributed by atoms with Crippen molar-refractivity contribution in [3.63, 3.8) is 0 Å². The summed E-state index contributed by atoms with van der Waals surface area (Å²) in [5.74, 6) is 0.524. The van der Waals surface area contributed by atoms with Crippen molar-refractivity contribution in [1.82, 2.24) is 14.8 Å². The first-order chi connectivity index (χ1) is 15.6. The van der Waals surface area contributed by atoms with Gasteiger partial charge in [-0.05, 0) is 68.0 Å². The van der Waals surface area contributed by atoms with E-state index in [-0.39, 0.29) is 11.7 Å². The minimum Gasteiger partial charge on any atom is -0.420 e. The van der Waals surface area contributed by atoms with Gasteiger partial charge in [0.2, 0.25) is 11.8 Å². The van der Waals surface area contributed by atoms with Crippen LogP contribution in [-0.2, 0) is 12.8 Å². The van der Waals surface area contributed by atoms with E-state index in [1.807, 2.05) is 43.3 Å². The first-order valence-electron chi connectivity index (χ1n) is 11.0. The number of anilines is 1. The molecule has 32 heavy (non-hydrogen) atoms. The number of hydrogen-bond donors (Lipinski definition) is 1. The number of aromatic nitrogens is 3. The number of benzene rings is 2. The quantitative estimate of drug-likeness (QED) is 0.407. The van der Waals surface area contributed by atoms with Crippen LogP contribution in [0.1, 0.15) is 52.4 Å². The normalized spacial score (nSPS) is 16.6. The Morgan fingerprint density at radius 2 is 1.84 bits per heavy atom. The van der Waals surface area contributed by atoms with Gasteiger partial charge in [0.05, 0.1) is 16.9 Å². The van der Waals surface area contributed by atoms with Crippen molar-refractivity contribution in [3.8, 4) is 17.4 Å². The van der Waals surface area contributed by atoms with Crippen molar-refractivity contribution in [3.05, 3.63) is 94.1 Å². The van der Waals surface area contributed by atoms with Crippen LogP contribution in [0.25, 0.3) is 5.69 Å². The lowest BCUT2D eigenvalue weighted by molar-refractivity contribution is 0.401. The van der Waals surface area contributed by atoms with Crippen LogP contribution in [0.5, 0.6) is 11.8 Å². The molecule has 3 heterocycles. The van der Waals surface area contributed by atoms with Crippen LogP contribution in [0.15, 0.2) is 54.6 Å². The van der Waals surface area contributed by atoms with E-state index >= 15 is 0 Å². The number of fused-ring (bicyclic) bond motifs is 3. The van der Waals surface area contributed by atoms with E-state index in [0.29, 0.717) is 11.8 Å². The Morgan fingerprint density at radius 1 is 1.03 bits per heavy atom. The highest BCUT2D eigenvalue weighted by Crippen LogP contribution is 2.52. The number of halogens is 1. The predicted octanol–water partition coefficient (Wildman–Crippen LogP) is 5.46. The molecule has 0 spiro atoms. The molecule has 2 aromatic carbocycles. The number of nitrogens with zero attached hydrogens (tertiary/aromatic N) is 3. The van der Waals surface area contributed by atoms with Crippen molar-refractivity contribution in [2.24, 2.45) is 0 Å². The number of nitrogen functional groups attached to an aromatic ring is 1. The van der Waals surface area contributed by atoms with Crippen LogP contribution in [0, 0.1) is 12.7 Å². The summed E-state index contributed by atoms with van der Waals surface area (Å²) >= 11 is 0. The molecule has 1 unspecified atom stereocenters. The lowest BCUT2D eigenvalue weighted by Gasteiger charge is -2.30. The van der Waals surface area contributed by atoms with Gasteiger partial charge in [-0.15, -0.1) is 0 Å². The van der Waals surface area contributed by atoms with E-state index < -0.39 is 0 Å². The molecule has 0 saturated heterocycles. The molecule has 6 rings (SSSR count). The molecule has 1 aliphatic carbocycles. The van der Waals surface area contributed by atoms with Crippen LogP contribution in [-0.4, -0.2) is 14.8 Å². The Hall–Kier alpha value is -3.67. The third-order valence-corrected chi connectivity index (χ3v) is 6.54. The van der Waals surface area contributed by atoms with E-state index in [2.05, 4.69) is 0 Å². The third-order valence-electron chi connectivity index (χ3n) is 6.54. The fourth-order valence-corrected chi connectivity index (χ4v) is 5.07. The molecule has 0 bridgehead atoms. The summed E-state index contributed by atoms with van der Waals surface area (Å²) in [7, 11) is 0. The van der Waals surface area contributed by atoms with Crippen molar-refractivity contribution in [2.45, 2.75) is 38.5 Å². The summed E-state index contributed by atoms with van der Waals surface area (Å²) in [5, 5.41) is 4.80. The monoisotopic (exact) mass is 426 g/mol. The highest BCUT2D eigenvalue weighted by Gasteiger charge is 2.38. The van der Waals surface area contributed by atoms with E-state index in [0.717, 1.165) is 70.7 Å². The van der Waals surface area contributed by atoms with Crippen molar-refractivity contribution < 1.29 is 9.13 Å². The maximum Gasteiger partial charge on any atom is 0.229 e. The summed E-state index contributed by atoms with van der Waals surface area (Å²) in [6.45, 7) is 1.96. The lowest BCUT2D eigenvalue weighted by atomic mass is 9.81. The zero-order valence-electron chi connectivity index (χ0n) is 17.8. The van der Waals surface area contributed by atoms with Crippen molar-refractivity contribution in [1.29, 1.82) is 0 Å². The Kier molecular flexibility index (Phi) is 4.28. The average molecular weight is 426 g/mol. The van der Waals surface area contributed by atoms with Gasteiger partial charge >= 0.3 is 0 Å². The van der Waals surface area contributed by atoms with Gasteiger partial charge in [-0.25, -0.2) is 14.1 Å². The number of nitrogens with two attached hydrogens (primary N) is 1. The van der Waals surface area contributed by atoms with Gasteiger partial charge in [-0.1, -0.05) is 30.3 Å². The van der Waals surface area contributed by atoms with Crippen LogP contribution in [0.3, 0.4) is 0 Å². The third kappa shape index (κ3) is 2.83. The molecule has 160 valence electrons. The molecular weight excluding hydrogens is 403 g/mol. The first-order valence-corrected chi connectivity index (χ1v) is 11.0. The summed E-state index contributed by atoms with van der Waals surface area (Å²) in [4.78, 5) is 4.92. The minimum atomic E-state index is -0.304. The largest absolute Gasteiger partial charge is 0.420 e. The van der Waals surface area contributed by atoms with Gasteiger partial charge in [-0.2, -0.15) is 5.10 Å². The highest BCUT2D eigenvalue weighted by molar-refractivity contribution is 5.69. The molecule has 5 nitrogen and oxygen atoms in total. The van der Waals surface area contributed by atoms with Crippen LogP contribution < -0.4 is 10.5 Å². The molecule has 0 radical (unpaired) electrons. The van der Waals surface area contributed by atoms with E-state index in [1.54, 1.807) is 16.8 Å². The van der Waals surface area contributed by atoms with Crippen LogP contribution in [0.2, 0.25) is 0 Å². The van der Waals surface area contributed by atoms with Crippen LogP contribution >= 0.6 is 0 Å². The number of pyridine rings is 1. The number of rotatable bonds is 2. The molecule has 0 amide bonds. The summed E-state index contributed by atoms with van der Waals surface area (Å²) in [6, 6.07) is 16.6. The van der Waals surface area contributed by atoms with Gasteiger partial charge in [0, 0.05) is 22.9 Å². The lowest BCUT2D eigenvalue weighted by Crippen LogP contribution is -2.20. The van der Waals surface area contributed by atoms with Gasteiger partial charge in [0.15, 0.2) is 0 Å².